The number of ether oxygens (including phenoxy) is 2. The van der Waals surface area contributed by atoms with Gasteiger partial charge in [-0.3, -0.25) is 9.69 Å². The van der Waals surface area contributed by atoms with Crippen LogP contribution in [0.3, 0.4) is 0 Å². The average molecular weight is 620 g/mol. The Morgan fingerprint density at radius 3 is 2.67 bits per heavy atom. The van der Waals surface area contributed by atoms with Crippen molar-refractivity contribution in [2.75, 3.05) is 69.3 Å². The first-order chi connectivity index (χ1) is 22.4. The zero-order valence-electron chi connectivity index (χ0n) is 26.7. The Hall–Kier alpha value is -4.64. The molecular weight excluding hydrogens is 578 g/mol. The number of benzene rings is 2. The molecule has 1 amide bonds. The van der Waals surface area contributed by atoms with E-state index < -0.39 is 0 Å². The van der Waals surface area contributed by atoms with Crippen LogP contribution in [-0.2, 0) is 22.5 Å². The fourth-order valence-corrected chi connectivity index (χ4v) is 7.27. The minimum absolute atomic E-state index is 0.181. The highest BCUT2D eigenvalue weighted by Gasteiger charge is 2.35. The first-order valence-electron chi connectivity index (χ1n) is 16.1. The van der Waals surface area contributed by atoms with Gasteiger partial charge in [0.25, 0.3) is 0 Å². The summed E-state index contributed by atoms with van der Waals surface area (Å²) in [5, 5.41) is 22.6. The third-order valence-electron chi connectivity index (χ3n) is 9.63. The minimum atomic E-state index is -0.313. The van der Waals surface area contributed by atoms with E-state index in [9.17, 15) is 15.3 Å². The number of fused-ring (bicyclic) bond motifs is 2. The smallest absolute Gasteiger partial charge is 0.246 e. The summed E-state index contributed by atoms with van der Waals surface area (Å²) in [4.78, 5) is 26.3. The summed E-state index contributed by atoms with van der Waals surface area (Å²) in [6.07, 6.45) is 3.44. The highest BCUT2D eigenvalue weighted by atomic mass is 16.5. The Kier molecular flexibility index (Phi) is 9.39. The maximum Gasteiger partial charge on any atom is 0.246 e. The number of hydrogen-bond acceptors (Lipinski definition) is 9. The molecular formula is C36H41N7O3. The number of rotatable bonds is 9. The second kappa shape index (κ2) is 13.8. The van der Waals surface area contributed by atoms with E-state index in [0.29, 0.717) is 57.2 Å². The number of aryl methyl sites for hydroxylation is 1. The maximum atomic E-state index is 12.6. The molecule has 3 aliphatic rings. The number of aromatic nitrogens is 1. The summed E-state index contributed by atoms with van der Waals surface area (Å²) in [6.45, 7) is 11.5. The van der Waals surface area contributed by atoms with Gasteiger partial charge >= 0.3 is 0 Å². The number of hydrogen-bond donors (Lipinski definition) is 0. The summed E-state index contributed by atoms with van der Waals surface area (Å²) in [5.41, 5.74) is 5.57. The molecule has 2 aromatic carbocycles. The summed E-state index contributed by atoms with van der Waals surface area (Å²) < 4.78 is 11.9. The molecule has 238 valence electrons. The number of methoxy groups -OCH3 is 1. The molecule has 3 aromatic rings. The Labute approximate surface area is 271 Å². The third kappa shape index (κ3) is 6.11. The topological polar surface area (TPSA) is 109 Å². The fraction of sp³-hybridized carbons (Fsp3) is 0.444. The SMILES string of the molecule is C=CC(=O)N1CCN(c2c(C#N)c(OCCN3CCC(OC)C3)nc3c2CCN(c2cccc4cccc(C)c24)C3)CC1CC#N. The summed E-state index contributed by atoms with van der Waals surface area (Å²) in [6, 6.07) is 17.2. The zero-order chi connectivity index (χ0) is 32.2. The number of nitriles is 2. The zero-order valence-corrected chi connectivity index (χ0v) is 26.7. The van der Waals surface area contributed by atoms with Crippen molar-refractivity contribution >= 4 is 28.1 Å². The molecule has 1 aromatic heterocycles. The molecule has 6 rings (SSSR count). The number of nitrogens with zero attached hydrogens (tertiary/aromatic N) is 7. The van der Waals surface area contributed by atoms with E-state index in [2.05, 4.69) is 76.7 Å². The number of amides is 1. The molecule has 0 bridgehead atoms. The van der Waals surface area contributed by atoms with Crippen molar-refractivity contribution in [1.82, 2.24) is 14.8 Å². The molecule has 0 aliphatic carbocycles. The molecule has 0 radical (unpaired) electrons. The van der Waals surface area contributed by atoms with E-state index in [1.807, 2.05) is 0 Å². The van der Waals surface area contributed by atoms with Gasteiger partial charge in [-0.25, -0.2) is 4.98 Å². The molecule has 10 nitrogen and oxygen atoms in total. The van der Waals surface area contributed by atoms with Gasteiger partial charge in [0, 0.05) is 69.6 Å². The van der Waals surface area contributed by atoms with Crippen molar-refractivity contribution < 1.29 is 14.3 Å². The molecule has 2 fully saturated rings. The fourth-order valence-electron chi connectivity index (χ4n) is 7.27. The molecule has 3 aliphatic heterocycles. The van der Waals surface area contributed by atoms with Crippen LogP contribution >= 0.6 is 0 Å². The minimum Gasteiger partial charge on any atom is -0.475 e. The molecule has 0 spiro atoms. The Morgan fingerprint density at radius 1 is 1.11 bits per heavy atom. The summed E-state index contributed by atoms with van der Waals surface area (Å²) in [7, 11) is 1.75. The molecule has 2 atom stereocenters. The molecule has 46 heavy (non-hydrogen) atoms. The van der Waals surface area contributed by atoms with Gasteiger partial charge in [0.1, 0.15) is 18.2 Å². The quantitative estimate of drug-likeness (QED) is 0.326. The first-order valence-corrected chi connectivity index (χ1v) is 16.1. The van der Waals surface area contributed by atoms with Crippen LogP contribution in [0.2, 0.25) is 0 Å². The second-order valence-electron chi connectivity index (χ2n) is 12.3. The van der Waals surface area contributed by atoms with Gasteiger partial charge in [-0.1, -0.05) is 36.9 Å². The lowest BCUT2D eigenvalue weighted by Crippen LogP contribution is -2.55. The lowest BCUT2D eigenvalue weighted by Gasteiger charge is -2.43. The van der Waals surface area contributed by atoms with Crippen LogP contribution in [-0.4, -0.2) is 92.4 Å². The van der Waals surface area contributed by atoms with Crippen molar-refractivity contribution in [3.63, 3.8) is 0 Å². The van der Waals surface area contributed by atoms with E-state index in [1.54, 1.807) is 12.0 Å². The van der Waals surface area contributed by atoms with E-state index in [4.69, 9.17) is 14.5 Å². The van der Waals surface area contributed by atoms with Crippen LogP contribution in [0.5, 0.6) is 5.88 Å². The predicted octanol–water partition coefficient (Wildman–Crippen LogP) is 4.19. The van der Waals surface area contributed by atoms with Crippen molar-refractivity contribution in [3.8, 4) is 18.0 Å². The van der Waals surface area contributed by atoms with Crippen molar-refractivity contribution in [1.29, 1.82) is 10.5 Å². The van der Waals surface area contributed by atoms with Gasteiger partial charge in [0.15, 0.2) is 0 Å². The highest BCUT2D eigenvalue weighted by Crippen LogP contribution is 2.40. The monoisotopic (exact) mass is 619 g/mol. The van der Waals surface area contributed by atoms with E-state index in [1.165, 1.54) is 28.1 Å². The van der Waals surface area contributed by atoms with E-state index in [0.717, 1.165) is 43.0 Å². The predicted molar refractivity (Wildman–Crippen MR) is 178 cm³/mol. The van der Waals surface area contributed by atoms with Gasteiger partial charge < -0.3 is 24.2 Å². The molecule has 0 N–H and O–H groups in total. The largest absolute Gasteiger partial charge is 0.475 e. The first kappa shape index (κ1) is 31.3. The summed E-state index contributed by atoms with van der Waals surface area (Å²) >= 11 is 0. The maximum absolute atomic E-state index is 12.6. The molecule has 4 heterocycles. The van der Waals surface area contributed by atoms with Gasteiger partial charge in [-0.2, -0.15) is 10.5 Å². The molecule has 2 saturated heterocycles. The van der Waals surface area contributed by atoms with Gasteiger partial charge in [-0.05, 0) is 42.9 Å². The van der Waals surface area contributed by atoms with Crippen molar-refractivity contribution in [2.24, 2.45) is 0 Å². The van der Waals surface area contributed by atoms with Crippen molar-refractivity contribution in [2.45, 2.75) is 44.9 Å². The second-order valence-corrected chi connectivity index (χ2v) is 12.3. The number of anilines is 2. The standard InChI is InChI=1S/C36H41N7O3/c1-4-33(44)43-18-17-42(22-27(43)11-14-37)35-29-13-16-41(32-10-6-9-26-8-5-7-25(2)34(26)32)24-31(29)39-36(30(35)21-38)46-20-19-40-15-12-28(23-40)45-3/h4-10,27-28H,1,11-13,15-20,22-24H2,2-3H3. The number of pyridine rings is 1. The van der Waals surface area contributed by atoms with Crippen molar-refractivity contribution in [3.05, 3.63) is 71.4 Å². The molecule has 0 saturated carbocycles. The number of carbonyl (C=O) groups excluding carboxylic acids is 1. The lowest BCUT2D eigenvalue weighted by atomic mass is 9.95. The summed E-state index contributed by atoms with van der Waals surface area (Å²) in [5.74, 6) is 0.163. The van der Waals surface area contributed by atoms with E-state index >= 15 is 0 Å². The number of carbonyl (C=O) groups is 1. The van der Waals surface area contributed by atoms with Crippen LogP contribution < -0.4 is 14.5 Å². The third-order valence-corrected chi connectivity index (χ3v) is 9.63. The van der Waals surface area contributed by atoms with Crippen LogP contribution in [0.15, 0.2) is 49.1 Å². The average Bonchev–Trinajstić information content (AvgIpc) is 3.55. The van der Waals surface area contributed by atoms with Gasteiger partial charge in [0.05, 0.1) is 42.6 Å². The number of piperazine rings is 1. The van der Waals surface area contributed by atoms with Crippen LogP contribution in [0.1, 0.15) is 35.2 Å². The normalized spacial score (nSPS) is 19.9. The lowest BCUT2D eigenvalue weighted by molar-refractivity contribution is -0.128. The van der Waals surface area contributed by atoms with Gasteiger partial charge in [0.2, 0.25) is 11.8 Å². The Morgan fingerprint density at radius 2 is 1.93 bits per heavy atom. The van der Waals surface area contributed by atoms with Gasteiger partial charge in [-0.15, -0.1) is 0 Å². The van der Waals surface area contributed by atoms with Crippen LogP contribution in [0, 0.1) is 29.6 Å². The Bertz CT molecular complexity index is 1710. The van der Waals surface area contributed by atoms with Crippen LogP contribution in [0.4, 0.5) is 11.4 Å². The van der Waals surface area contributed by atoms with Crippen LogP contribution in [0.25, 0.3) is 10.8 Å². The highest BCUT2D eigenvalue weighted by molar-refractivity contribution is 5.97. The Balaban J connectivity index is 1.36. The van der Waals surface area contributed by atoms with E-state index in [-0.39, 0.29) is 24.5 Å². The molecule has 2 unspecified atom stereocenters. The number of likely N-dealkylation sites (tertiary alicyclic amines) is 1. The molecule has 10 heteroatoms.